The number of fused-ring (bicyclic) bond motifs is 1. The van der Waals surface area contributed by atoms with Gasteiger partial charge in [-0.3, -0.25) is 9.55 Å². The molecule has 0 spiro atoms. The Morgan fingerprint density at radius 3 is 2.62 bits per heavy atom. The third-order valence-corrected chi connectivity index (χ3v) is 4.80. The minimum absolute atomic E-state index is 0.894. The van der Waals surface area contributed by atoms with Crippen molar-refractivity contribution in [1.82, 2.24) is 19.7 Å². The molecule has 0 aromatic carbocycles. The number of hydrogen-bond acceptors (Lipinski definition) is 3. The van der Waals surface area contributed by atoms with Crippen molar-refractivity contribution in [3.63, 3.8) is 0 Å². The van der Waals surface area contributed by atoms with Gasteiger partial charge in [-0.2, -0.15) is 0 Å². The second kappa shape index (κ2) is 4.79. The van der Waals surface area contributed by atoms with Gasteiger partial charge in [0.1, 0.15) is 11.6 Å². The molecule has 0 saturated heterocycles. The normalized spacial score (nSPS) is 17.5. The third kappa shape index (κ3) is 2.09. The van der Waals surface area contributed by atoms with Gasteiger partial charge in [0.2, 0.25) is 0 Å². The first-order chi connectivity index (χ1) is 10.2. The number of allylic oxidation sites excluding steroid dienone is 2. The van der Waals surface area contributed by atoms with Crippen LogP contribution in [0.4, 0.5) is 0 Å². The number of rotatable bonds is 3. The molecular weight excluding hydrogens is 260 g/mol. The molecule has 2 aliphatic rings. The molecule has 0 bridgehead atoms. The van der Waals surface area contributed by atoms with Crippen molar-refractivity contribution in [3.8, 4) is 5.69 Å². The van der Waals surface area contributed by atoms with Crippen LogP contribution in [0.25, 0.3) is 11.3 Å². The highest BCUT2D eigenvalue weighted by Gasteiger charge is 2.24. The van der Waals surface area contributed by atoms with E-state index in [0.29, 0.717) is 0 Å². The minimum Gasteiger partial charge on any atom is -0.282 e. The molecule has 0 N–H and O–H groups in total. The van der Waals surface area contributed by atoms with Gasteiger partial charge in [0.25, 0.3) is 0 Å². The van der Waals surface area contributed by atoms with Crippen LogP contribution >= 0.6 is 0 Å². The van der Waals surface area contributed by atoms with Gasteiger partial charge < -0.3 is 0 Å². The molecule has 21 heavy (non-hydrogen) atoms. The maximum atomic E-state index is 4.75. The molecule has 4 rings (SSSR count). The van der Waals surface area contributed by atoms with Crippen molar-refractivity contribution in [1.29, 1.82) is 0 Å². The summed E-state index contributed by atoms with van der Waals surface area (Å²) in [6.07, 6.45) is 10.7. The molecule has 0 amide bonds. The van der Waals surface area contributed by atoms with E-state index >= 15 is 0 Å². The molecular formula is C17H20N4. The van der Waals surface area contributed by atoms with E-state index in [4.69, 9.17) is 4.98 Å². The first-order valence-corrected chi connectivity index (χ1v) is 7.79. The molecule has 0 radical (unpaired) electrons. The van der Waals surface area contributed by atoms with E-state index in [9.17, 15) is 0 Å². The third-order valence-electron chi connectivity index (χ3n) is 4.80. The summed E-state index contributed by atoms with van der Waals surface area (Å²) in [7, 11) is 0. The monoisotopic (exact) mass is 280 g/mol. The lowest BCUT2D eigenvalue weighted by atomic mass is 9.80. The lowest BCUT2D eigenvalue weighted by molar-refractivity contribution is 0.323. The average molecular weight is 280 g/mol. The van der Waals surface area contributed by atoms with E-state index in [1.807, 2.05) is 20.0 Å². The van der Waals surface area contributed by atoms with Crippen molar-refractivity contribution in [2.75, 3.05) is 0 Å². The summed E-state index contributed by atoms with van der Waals surface area (Å²) in [5.74, 6) is 2.72. The molecule has 4 nitrogen and oxygen atoms in total. The first-order valence-electron chi connectivity index (χ1n) is 7.79. The van der Waals surface area contributed by atoms with Crippen LogP contribution in [-0.4, -0.2) is 19.7 Å². The van der Waals surface area contributed by atoms with Gasteiger partial charge >= 0.3 is 0 Å². The van der Waals surface area contributed by atoms with Crippen molar-refractivity contribution in [3.05, 3.63) is 41.2 Å². The summed E-state index contributed by atoms with van der Waals surface area (Å²) in [4.78, 5) is 4.75. The van der Waals surface area contributed by atoms with Crippen LogP contribution in [0, 0.1) is 19.8 Å². The molecule has 1 saturated carbocycles. The lowest BCUT2D eigenvalue weighted by Gasteiger charge is -2.25. The number of pyridine rings is 1. The van der Waals surface area contributed by atoms with Gasteiger partial charge in [-0.25, -0.2) is 0 Å². The fourth-order valence-corrected chi connectivity index (χ4v) is 3.42. The van der Waals surface area contributed by atoms with Gasteiger partial charge in [-0.1, -0.05) is 25.3 Å². The highest BCUT2D eigenvalue weighted by Crippen LogP contribution is 2.38. The van der Waals surface area contributed by atoms with Crippen LogP contribution in [0.3, 0.4) is 0 Å². The Balaban J connectivity index is 1.65. The smallest absolute Gasteiger partial charge is 0.134 e. The van der Waals surface area contributed by atoms with Crippen LogP contribution in [0.1, 0.15) is 48.6 Å². The van der Waals surface area contributed by atoms with E-state index in [2.05, 4.69) is 26.9 Å². The lowest BCUT2D eigenvalue weighted by Crippen LogP contribution is -2.11. The molecule has 108 valence electrons. The molecule has 0 aliphatic heterocycles. The van der Waals surface area contributed by atoms with Gasteiger partial charge in [-0.05, 0) is 49.8 Å². The van der Waals surface area contributed by atoms with Crippen LogP contribution in [0.5, 0.6) is 0 Å². The Morgan fingerprint density at radius 2 is 1.95 bits per heavy atom. The van der Waals surface area contributed by atoms with Crippen molar-refractivity contribution >= 4 is 5.57 Å². The standard InChI is InChI=1S/C17H20N4/c1-11-19-20-12(2)21(11)16-9-15-7-6-14(17(15)18-10-16)8-13-4-3-5-13/h6,9-10,13H,3-5,7-8H2,1-2H3. The summed E-state index contributed by atoms with van der Waals surface area (Å²) >= 11 is 0. The molecule has 2 heterocycles. The maximum absolute atomic E-state index is 4.75. The fourth-order valence-electron chi connectivity index (χ4n) is 3.42. The van der Waals surface area contributed by atoms with E-state index in [1.165, 1.54) is 42.5 Å². The van der Waals surface area contributed by atoms with Gasteiger partial charge in [0, 0.05) is 0 Å². The largest absolute Gasteiger partial charge is 0.282 e. The number of aromatic nitrogens is 4. The Kier molecular flexibility index (Phi) is 2.91. The highest BCUT2D eigenvalue weighted by molar-refractivity contribution is 5.71. The van der Waals surface area contributed by atoms with Crippen LogP contribution in [0.2, 0.25) is 0 Å². The zero-order valence-corrected chi connectivity index (χ0v) is 12.6. The Labute approximate surface area is 124 Å². The van der Waals surface area contributed by atoms with E-state index in [0.717, 1.165) is 29.7 Å². The van der Waals surface area contributed by atoms with Gasteiger partial charge in [0.05, 0.1) is 17.6 Å². The Morgan fingerprint density at radius 1 is 1.19 bits per heavy atom. The zero-order valence-electron chi connectivity index (χ0n) is 12.6. The molecule has 4 heteroatoms. The van der Waals surface area contributed by atoms with Crippen molar-refractivity contribution in [2.24, 2.45) is 5.92 Å². The number of aryl methyl sites for hydroxylation is 2. The average Bonchev–Trinajstić information content (AvgIpc) is 2.97. The SMILES string of the molecule is Cc1nnc(C)n1-c1cnc2c(c1)CC=C2CC1CCC1. The van der Waals surface area contributed by atoms with Gasteiger partial charge in [-0.15, -0.1) is 10.2 Å². The second-order valence-corrected chi connectivity index (χ2v) is 6.27. The minimum atomic E-state index is 0.894. The van der Waals surface area contributed by atoms with Crippen molar-refractivity contribution in [2.45, 2.75) is 46.0 Å². The summed E-state index contributed by atoms with van der Waals surface area (Å²) in [6, 6.07) is 2.25. The Bertz CT molecular complexity index is 703. The summed E-state index contributed by atoms with van der Waals surface area (Å²) in [5.41, 5.74) is 5.09. The molecule has 0 unspecified atom stereocenters. The van der Waals surface area contributed by atoms with E-state index in [-0.39, 0.29) is 0 Å². The maximum Gasteiger partial charge on any atom is 0.134 e. The van der Waals surface area contributed by atoms with E-state index < -0.39 is 0 Å². The molecule has 1 fully saturated rings. The number of nitrogens with zero attached hydrogens (tertiary/aromatic N) is 4. The van der Waals surface area contributed by atoms with E-state index in [1.54, 1.807) is 0 Å². The summed E-state index contributed by atoms with van der Waals surface area (Å²) in [5, 5.41) is 8.26. The molecule has 0 atom stereocenters. The first kappa shape index (κ1) is 12.7. The van der Waals surface area contributed by atoms with Crippen LogP contribution < -0.4 is 0 Å². The molecule has 2 aromatic rings. The summed E-state index contributed by atoms with van der Waals surface area (Å²) in [6.45, 7) is 3.96. The Hall–Kier alpha value is -1.97. The number of hydrogen-bond donors (Lipinski definition) is 0. The topological polar surface area (TPSA) is 43.6 Å². The molecule has 2 aromatic heterocycles. The molecule has 2 aliphatic carbocycles. The van der Waals surface area contributed by atoms with Crippen molar-refractivity contribution < 1.29 is 0 Å². The fraction of sp³-hybridized carbons (Fsp3) is 0.471. The van der Waals surface area contributed by atoms with Gasteiger partial charge in [0.15, 0.2) is 0 Å². The zero-order chi connectivity index (χ0) is 14.4. The predicted octanol–water partition coefficient (Wildman–Crippen LogP) is 3.41. The second-order valence-electron chi connectivity index (χ2n) is 6.27. The highest BCUT2D eigenvalue weighted by atomic mass is 15.3. The van der Waals surface area contributed by atoms with Crippen LogP contribution in [0.15, 0.2) is 18.3 Å². The summed E-state index contributed by atoms with van der Waals surface area (Å²) < 4.78 is 2.07. The van der Waals surface area contributed by atoms with Crippen LogP contribution in [-0.2, 0) is 6.42 Å². The quantitative estimate of drug-likeness (QED) is 0.865. The predicted molar refractivity (Wildman–Crippen MR) is 82.3 cm³/mol.